The molecule has 0 saturated carbocycles. The highest BCUT2D eigenvalue weighted by molar-refractivity contribution is 5.56. The van der Waals surface area contributed by atoms with Gasteiger partial charge < -0.3 is 25.4 Å². The van der Waals surface area contributed by atoms with E-state index in [2.05, 4.69) is 0 Å². The summed E-state index contributed by atoms with van der Waals surface area (Å²) in [4.78, 5) is 0. The molecular weight excluding hydrogens is 246 g/mol. The number of aliphatic hydroxyl groups excluding tert-OH is 2. The van der Waals surface area contributed by atoms with Crippen molar-refractivity contribution >= 4 is 5.69 Å². The van der Waals surface area contributed by atoms with Gasteiger partial charge in [0.1, 0.15) is 24.7 Å². The van der Waals surface area contributed by atoms with Crippen LogP contribution in [0, 0.1) is 0 Å². The third kappa shape index (κ3) is 5.36. The van der Waals surface area contributed by atoms with E-state index in [-0.39, 0.29) is 13.2 Å². The van der Waals surface area contributed by atoms with Crippen LogP contribution in [0.1, 0.15) is 26.7 Å². The molecule has 2 atom stereocenters. The van der Waals surface area contributed by atoms with Crippen LogP contribution in [0.5, 0.6) is 11.5 Å². The lowest BCUT2D eigenvalue weighted by Gasteiger charge is -2.14. The van der Waals surface area contributed by atoms with Gasteiger partial charge in [-0.25, -0.2) is 0 Å². The zero-order valence-corrected chi connectivity index (χ0v) is 11.5. The van der Waals surface area contributed by atoms with Crippen molar-refractivity contribution in [3.8, 4) is 11.5 Å². The number of nitrogen functional groups attached to an aromatic ring is 1. The molecule has 0 bridgehead atoms. The van der Waals surface area contributed by atoms with Crippen LogP contribution < -0.4 is 15.2 Å². The van der Waals surface area contributed by atoms with Gasteiger partial charge in [0, 0.05) is 6.07 Å². The maximum absolute atomic E-state index is 9.42. The van der Waals surface area contributed by atoms with Gasteiger partial charge >= 0.3 is 0 Å². The molecule has 2 unspecified atom stereocenters. The summed E-state index contributed by atoms with van der Waals surface area (Å²) in [7, 11) is 0. The summed E-state index contributed by atoms with van der Waals surface area (Å²) in [6, 6.07) is 5.08. The smallest absolute Gasteiger partial charge is 0.142 e. The first-order valence-corrected chi connectivity index (χ1v) is 6.58. The largest absolute Gasteiger partial charge is 0.491 e. The molecule has 0 spiro atoms. The zero-order chi connectivity index (χ0) is 14.3. The van der Waals surface area contributed by atoms with Gasteiger partial charge in [-0.15, -0.1) is 0 Å². The molecule has 5 heteroatoms. The Hall–Kier alpha value is -1.46. The predicted octanol–water partition coefficient (Wildman–Crippen LogP) is 1.57. The Morgan fingerprint density at radius 1 is 1.05 bits per heavy atom. The predicted molar refractivity (Wildman–Crippen MR) is 74.4 cm³/mol. The topological polar surface area (TPSA) is 84.9 Å². The van der Waals surface area contributed by atoms with Gasteiger partial charge in [0.15, 0.2) is 0 Å². The monoisotopic (exact) mass is 269 g/mol. The third-order valence-electron chi connectivity index (χ3n) is 2.80. The molecule has 0 aromatic heterocycles. The number of benzene rings is 1. The van der Waals surface area contributed by atoms with Gasteiger partial charge in [-0.2, -0.15) is 0 Å². The first-order valence-electron chi connectivity index (χ1n) is 6.58. The van der Waals surface area contributed by atoms with E-state index < -0.39 is 12.2 Å². The molecule has 108 valence electrons. The molecule has 5 nitrogen and oxygen atoms in total. The molecule has 1 aromatic carbocycles. The van der Waals surface area contributed by atoms with Crippen molar-refractivity contribution in [3.05, 3.63) is 18.2 Å². The van der Waals surface area contributed by atoms with Crippen LogP contribution in [0.4, 0.5) is 5.69 Å². The van der Waals surface area contributed by atoms with Gasteiger partial charge in [0.25, 0.3) is 0 Å². The van der Waals surface area contributed by atoms with Gasteiger partial charge in [0.2, 0.25) is 0 Å². The minimum atomic E-state index is -0.491. The fourth-order valence-corrected chi connectivity index (χ4v) is 1.36. The minimum Gasteiger partial charge on any atom is -0.491 e. The van der Waals surface area contributed by atoms with Gasteiger partial charge in [0.05, 0.1) is 17.9 Å². The summed E-state index contributed by atoms with van der Waals surface area (Å²) in [6.45, 7) is 4.23. The SMILES string of the molecule is CCC(O)COc1ccc(OCC(O)CC)c(N)c1. The van der Waals surface area contributed by atoms with Crippen LogP contribution in [0.3, 0.4) is 0 Å². The Morgan fingerprint density at radius 3 is 2.16 bits per heavy atom. The molecule has 0 saturated heterocycles. The quantitative estimate of drug-likeness (QED) is 0.624. The Morgan fingerprint density at radius 2 is 1.63 bits per heavy atom. The summed E-state index contributed by atoms with van der Waals surface area (Å²) >= 11 is 0. The van der Waals surface area contributed by atoms with E-state index in [4.69, 9.17) is 15.2 Å². The normalized spacial score (nSPS) is 13.9. The number of hydrogen-bond donors (Lipinski definition) is 3. The first kappa shape index (κ1) is 15.6. The molecule has 19 heavy (non-hydrogen) atoms. The molecule has 0 radical (unpaired) electrons. The zero-order valence-electron chi connectivity index (χ0n) is 11.5. The molecule has 0 aliphatic heterocycles. The average molecular weight is 269 g/mol. The van der Waals surface area contributed by atoms with Crippen molar-refractivity contribution in [2.24, 2.45) is 0 Å². The summed E-state index contributed by atoms with van der Waals surface area (Å²) in [6.07, 6.45) is 0.314. The average Bonchev–Trinajstić information content (AvgIpc) is 2.43. The van der Waals surface area contributed by atoms with Gasteiger partial charge in [-0.3, -0.25) is 0 Å². The molecule has 0 heterocycles. The lowest BCUT2D eigenvalue weighted by atomic mass is 10.2. The molecule has 0 fully saturated rings. The van der Waals surface area contributed by atoms with Crippen molar-refractivity contribution < 1.29 is 19.7 Å². The van der Waals surface area contributed by atoms with E-state index in [0.717, 1.165) is 0 Å². The number of ether oxygens (including phenoxy) is 2. The lowest BCUT2D eigenvalue weighted by Crippen LogP contribution is -2.17. The fraction of sp³-hybridized carbons (Fsp3) is 0.571. The fourth-order valence-electron chi connectivity index (χ4n) is 1.36. The number of aliphatic hydroxyl groups is 2. The molecule has 0 aliphatic rings. The highest BCUT2D eigenvalue weighted by Gasteiger charge is 2.07. The Balaban J connectivity index is 2.54. The summed E-state index contributed by atoms with van der Waals surface area (Å²) in [5, 5.41) is 18.8. The molecule has 0 amide bonds. The van der Waals surface area contributed by atoms with Gasteiger partial charge in [-0.05, 0) is 25.0 Å². The number of anilines is 1. The van der Waals surface area contributed by atoms with Crippen molar-refractivity contribution in [3.63, 3.8) is 0 Å². The van der Waals surface area contributed by atoms with E-state index in [1.165, 1.54) is 0 Å². The van der Waals surface area contributed by atoms with Crippen LogP contribution in [0.25, 0.3) is 0 Å². The lowest BCUT2D eigenvalue weighted by molar-refractivity contribution is 0.103. The third-order valence-corrected chi connectivity index (χ3v) is 2.80. The van der Waals surface area contributed by atoms with E-state index in [9.17, 15) is 10.2 Å². The molecule has 4 N–H and O–H groups in total. The van der Waals surface area contributed by atoms with E-state index in [0.29, 0.717) is 30.0 Å². The van der Waals surface area contributed by atoms with Gasteiger partial charge in [-0.1, -0.05) is 13.8 Å². The Kier molecular flexibility index (Phi) is 6.45. The van der Waals surface area contributed by atoms with Crippen molar-refractivity contribution in [1.82, 2.24) is 0 Å². The second-order valence-electron chi connectivity index (χ2n) is 4.45. The maximum Gasteiger partial charge on any atom is 0.142 e. The number of hydrogen-bond acceptors (Lipinski definition) is 5. The first-order chi connectivity index (χ1) is 9.06. The Bertz CT molecular complexity index is 384. The van der Waals surface area contributed by atoms with Crippen molar-refractivity contribution in [2.45, 2.75) is 38.9 Å². The number of rotatable bonds is 8. The van der Waals surface area contributed by atoms with E-state index in [1.54, 1.807) is 18.2 Å². The second kappa shape index (κ2) is 7.86. The van der Waals surface area contributed by atoms with Crippen LogP contribution in [-0.4, -0.2) is 35.6 Å². The maximum atomic E-state index is 9.42. The van der Waals surface area contributed by atoms with Crippen LogP contribution in [0.15, 0.2) is 18.2 Å². The highest BCUT2D eigenvalue weighted by atomic mass is 16.5. The highest BCUT2D eigenvalue weighted by Crippen LogP contribution is 2.26. The number of nitrogens with two attached hydrogens (primary N) is 1. The van der Waals surface area contributed by atoms with E-state index >= 15 is 0 Å². The van der Waals surface area contributed by atoms with Crippen LogP contribution in [-0.2, 0) is 0 Å². The summed E-state index contributed by atoms with van der Waals surface area (Å²) < 4.78 is 10.8. The minimum absolute atomic E-state index is 0.218. The molecule has 1 rings (SSSR count). The molecule has 1 aromatic rings. The molecule has 0 aliphatic carbocycles. The Labute approximate surface area is 114 Å². The van der Waals surface area contributed by atoms with Crippen LogP contribution >= 0.6 is 0 Å². The standard InChI is InChI=1S/C14H23NO4/c1-3-10(16)8-18-12-5-6-14(13(15)7-12)19-9-11(17)4-2/h5-7,10-11,16-17H,3-4,8-9,15H2,1-2H3. The molecular formula is C14H23NO4. The van der Waals surface area contributed by atoms with E-state index in [1.807, 2.05) is 13.8 Å². The second-order valence-corrected chi connectivity index (χ2v) is 4.45. The summed E-state index contributed by atoms with van der Waals surface area (Å²) in [5.74, 6) is 1.12. The van der Waals surface area contributed by atoms with Crippen LogP contribution in [0.2, 0.25) is 0 Å². The summed E-state index contributed by atoms with van der Waals surface area (Å²) in [5.41, 5.74) is 6.29. The van der Waals surface area contributed by atoms with Crippen molar-refractivity contribution in [1.29, 1.82) is 0 Å². The van der Waals surface area contributed by atoms with Crippen molar-refractivity contribution in [2.75, 3.05) is 18.9 Å².